The molecular formula is C16H15BrN6O2. The van der Waals surface area contributed by atoms with Gasteiger partial charge in [0.2, 0.25) is 0 Å². The summed E-state index contributed by atoms with van der Waals surface area (Å²) in [7, 11) is 1.58. The zero-order chi connectivity index (χ0) is 18.0. The molecule has 2 aromatic heterocycles. The number of amides is 2. The second-order valence-corrected chi connectivity index (χ2v) is 6.32. The zero-order valence-electron chi connectivity index (χ0n) is 13.3. The van der Waals surface area contributed by atoms with Crippen LogP contribution in [0, 0.1) is 0 Å². The maximum Gasteiger partial charge on any atom is 0.269 e. The van der Waals surface area contributed by atoms with Crippen LogP contribution in [0.25, 0.3) is 0 Å². The molecule has 0 unspecified atom stereocenters. The number of primary amides is 1. The number of aromatic nitrogens is 4. The standard InChI is InChI=1S/C16H15BrN6O2/c1-22-14(15(18)24)13(7-19-22)21-16(25)11-4-2-3-10(5-11)8-23-9-12(17)6-20-23/h2-7,9H,8H2,1H3,(H2,18,24)(H,21,25). The summed E-state index contributed by atoms with van der Waals surface area (Å²) in [5.41, 5.74) is 7.13. The molecule has 0 aliphatic carbocycles. The van der Waals surface area contributed by atoms with E-state index in [-0.39, 0.29) is 17.3 Å². The maximum atomic E-state index is 12.5. The van der Waals surface area contributed by atoms with E-state index < -0.39 is 5.91 Å². The van der Waals surface area contributed by atoms with E-state index >= 15 is 0 Å². The number of nitrogens with two attached hydrogens (primary N) is 1. The van der Waals surface area contributed by atoms with E-state index in [1.165, 1.54) is 10.9 Å². The number of carbonyl (C=O) groups is 2. The minimum Gasteiger partial charge on any atom is -0.364 e. The fraction of sp³-hybridized carbons (Fsp3) is 0.125. The quantitative estimate of drug-likeness (QED) is 0.677. The SMILES string of the molecule is Cn1ncc(NC(=O)c2cccc(Cn3cc(Br)cn3)c2)c1C(N)=O. The summed E-state index contributed by atoms with van der Waals surface area (Å²) in [5, 5.41) is 10.8. The van der Waals surface area contributed by atoms with Gasteiger partial charge in [-0.2, -0.15) is 10.2 Å². The Balaban J connectivity index is 1.79. The number of anilines is 1. The Morgan fingerprint density at radius 2 is 2.08 bits per heavy atom. The van der Waals surface area contributed by atoms with Crippen LogP contribution in [0.4, 0.5) is 5.69 Å². The van der Waals surface area contributed by atoms with Gasteiger partial charge in [0.15, 0.2) is 0 Å². The summed E-state index contributed by atoms with van der Waals surface area (Å²) in [6.07, 6.45) is 4.94. The molecule has 9 heteroatoms. The van der Waals surface area contributed by atoms with Gasteiger partial charge in [0, 0.05) is 18.8 Å². The molecule has 0 radical (unpaired) electrons. The lowest BCUT2D eigenvalue weighted by atomic mass is 10.1. The molecule has 8 nitrogen and oxygen atoms in total. The average molecular weight is 403 g/mol. The maximum absolute atomic E-state index is 12.5. The Hall–Kier alpha value is -2.94. The summed E-state index contributed by atoms with van der Waals surface area (Å²) in [4.78, 5) is 24.0. The highest BCUT2D eigenvalue weighted by Crippen LogP contribution is 2.16. The van der Waals surface area contributed by atoms with Crippen molar-refractivity contribution in [2.75, 3.05) is 5.32 Å². The number of benzene rings is 1. The molecule has 0 atom stereocenters. The highest BCUT2D eigenvalue weighted by atomic mass is 79.9. The number of nitrogens with zero attached hydrogens (tertiary/aromatic N) is 4. The van der Waals surface area contributed by atoms with E-state index in [9.17, 15) is 9.59 Å². The minimum atomic E-state index is -0.659. The number of rotatable bonds is 5. The van der Waals surface area contributed by atoms with Crippen molar-refractivity contribution in [1.29, 1.82) is 0 Å². The summed E-state index contributed by atoms with van der Waals surface area (Å²) in [6, 6.07) is 7.16. The van der Waals surface area contributed by atoms with Crippen molar-refractivity contribution in [3.8, 4) is 0 Å². The number of nitrogens with one attached hydrogen (secondary N) is 1. The normalized spacial score (nSPS) is 10.6. The lowest BCUT2D eigenvalue weighted by Gasteiger charge is -2.07. The Bertz CT molecular complexity index is 946. The summed E-state index contributed by atoms with van der Waals surface area (Å²) < 4.78 is 3.97. The van der Waals surface area contributed by atoms with Crippen molar-refractivity contribution in [2.45, 2.75) is 6.54 Å². The van der Waals surface area contributed by atoms with Crippen LogP contribution in [0.1, 0.15) is 26.4 Å². The van der Waals surface area contributed by atoms with Crippen LogP contribution in [-0.4, -0.2) is 31.4 Å². The molecule has 1 aromatic carbocycles. The van der Waals surface area contributed by atoms with Crippen LogP contribution in [0.3, 0.4) is 0 Å². The van der Waals surface area contributed by atoms with E-state index in [0.29, 0.717) is 12.1 Å². The minimum absolute atomic E-state index is 0.144. The predicted octanol–water partition coefficient (Wildman–Crippen LogP) is 1.78. The topological polar surface area (TPSA) is 108 Å². The number of halogens is 1. The van der Waals surface area contributed by atoms with E-state index in [1.54, 1.807) is 36.1 Å². The summed E-state index contributed by atoms with van der Waals surface area (Å²) in [6.45, 7) is 0.534. The van der Waals surface area contributed by atoms with Crippen molar-refractivity contribution in [2.24, 2.45) is 12.8 Å². The van der Waals surface area contributed by atoms with Crippen LogP contribution in [0.2, 0.25) is 0 Å². The van der Waals surface area contributed by atoms with Gasteiger partial charge >= 0.3 is 0 Å². The van der Waals surface area contributed by atoms with Gasteiger partial charge in [-0.15, -0.1) is 0 Å². The second-order valence-electron chi connectivity index (χ2n) is 5.41. The van der Waals surface area contributed by atoms with Crippen LogP contribution in [0.15, 0.2) is 47.3 Å². The molecule has 0 saturated heterocycles. The summed E-state index contributed by atoms with van der Waals surface area (Å²) in [5.74, 6) is -1.01. The van der Waals surface area contributed by atoms with Crippen molar-refractivity contribution >= 4 is 33.4 Å². The van der Waals surface area contributed by atoms with Gasteiger partial charge in [-0.05, 0) is 33.6 Å². The second kappa shape index (κ2) is 6.89. The fourth-order valence-electron chi connectivity index (χ4n) is 2.44. The van der Waals surface area contributed by atoms with Crippen molar-refractivity contribution < 1.29 is 9.59 Å². The molecule has 25 heavy (non-hydrogen) atoms. The number of hydrogen-bond donors (Lipinski definition) is 2. The fourth-order valence-corrected chi connectivity index (χ4v) is 2.77. The first kappa shape index (κ1) is 16.9. The first-order valence-corrected chi connectivity index (χ1v) is 8.13. The molecular weight excluding hydrogens is 388 g/mol. The number of aryl methyl sites for hydroxylation is 1. The molecule has 0 saturated carbocycles. The van der Waals surface area contributed by atoms with Crippen LogP contribution >= 0.6 is 15.9 Å². The van der Waals surface area contributed by atoms with Crippen LogP contribution in [-0.2, 0) is 13.6 Å². The lowest BCUT2D eigenvalue weighted by molar-refractivity contribution is 0.0992. The van der Waals surface area contributed by atoms with Crippen LogP contribution < -0.4 is 11.1 Å². The number of hydrogen-bond acceptors (Lipinski definition) is 4. The third-order valence-electron chi connectivity index (χ3n) is 3.56. The van der Waals surface area contributed by atoms with Gasteiger partial charge in [0.25, 0.3) is 11.8 Å². The van der Waals surface area contributed by atoms with Gasteiger partial charge in [-0.25, -0.2) is 0 Å². The molecule has 3 aromatic rings. The monoisotopic (exact) mass is 402 g/mol. The molecule has 2 heterocycles. The average Bonchev–Trinajstić information content (AvgIpc) is 3.13. The van der Waals surface area contributed by atoms with Gasteiger partial charge in [0.1, 0.15) is 5.69 Å². The van der Waals surface area contributed by atoms with Gasteiger partial charge in [-0.1, -0.05) is 12.1 Å². The lowest BCUT2D eigenvalue weighted by Crippen LogP contribution is -2.20. The Kier molecular flexibility index (Phi) is 4.66. The molecule has 0 aliphatic heterocycles. The molecule has 0 fully saturated rings. The Morgan fingerprint density at radius 3 is 2.76 bits per heavy atom. The number of carbonyl (C=O) groups excluding carboxylic acids is 2. The molecule has 0 aliphatic rings. The van der Waals surface area contributed by atoms with Gasteiger partial charge in [-0.3, -0.25) is 19.0 Å². The first-order chi connectivity index (χ1) is 11.9. The third kappa shape index (κ3) is 3.77. The molecule has 3 N–H and O–H groups in total. The Labute approximate surface area is 151 Å². The predicted molar refractivity (Wildman–Crippen MR) is 95.2 cm³/mol. The van der Waals surface area contributed by atoms with E-state index in [4.69, 9.17) is 5.73 Å². The smallest absolute Gasteiger partial charge is 0.269 e. The zero-order valence-corrected chi connectivity index (χ0v) is 14.9. The molecule has 2 amide bonds. The summed E-state index contributed by atoms with van der Waals surface area (Å²) >= 11 is 3.35. The first-order valence-electron chi connectivity index (χ1n) is 7.34. The highest BCUT2D eigenvalue weighted by Gasteiger charge is 2.17. The van der Waals surface area contributed by atoms with E-state index in [2.05, 4.69) is 31.4 Å². The van der Waals surface area contributed by atoms with Gasteiger partial charge in [0.05, 0.1) is 29.1 Å². The largest absolute Gasteiger partial charge is 0.364 e. The molecule has 0 bridgehead atoms. The molecule has 3 rings (SSSR count). The molecule has 128 valence electrons. The van der Waals surface area contributed by atoms with Crippen molar-refractivity contribution in [3.63, 3.8) is 0 Å². The highest BCUT2D eigenvalue weighted by molar-refractivity contribution is 9.10. The van der Waals surface area contributed by atoms with Crippen molar-refractivity contribution in [1.82, 2.24) is 19.6 Å². The third-order valence-corrected chi connectivity index (χ3v) is 3.97. The van der Waals surface area contributed by atoms with Crippen LogP contribution in [0.5, 0.6) is 0 Å². The van der Waals surface area contributed by atoms with E-state index in [0.717, 1.165) is 10.0 Å². The Morgan fingerprint density at radius 1 is 1.28 bits per heavy atom. The van der Waals surface area contributed by atoms with Crippen molar-refractivity contribution in [3.05, 3.63) is 64.1 Å². The van der Waals surface area contributed by atoms with Gasteiger partial charge < -0.3 is 11.1 Å². The van der Waals surface area contributed by atoms with E-state index in [1.807, 2.05) is 12.3 Å². The molecule has 0 spiro atoms.